The van der Waals surface area contributed by atoms with E-state index in [-0.39, 0.29) is 19.0 Å². The first-order valence-electron chi connectivity index (χ1n) is 9.13. The van der Waals surface area contributed by atoms with Crippen molar-refractivity contribution in [3.63, 3.8) is 0 Å². The Morgan fingerprint density at radius 1 is 1.24 bits per heavy atom. The van der Waals surface area contributed by atoms with Gasteiger partial charge in [0.25, 0.3) is 0 Å². The molecule has 0 aliphatic carbocycles. The van der Waals surface area contributed by atoms with Crippen molar-refractivity contribution in [3.05, 3.63) is 54.2 Å². The second-order valence-corrected chi connectivity index (χ2v) is 9.44. The summed E-state index contributed by atoms with van der Waals surface area (Å²) in [6.45, 7) is 0.270. The van der Waals surface area contributed by atoms with Crippen LogP contribution in [-0.2, 0) is 14.8 Å². The van der Waals surface area contributed by atoms with Crippen molar-refractivity contribution in [2.24, 2.45) is 0 Å². The molecule has 1 aromatic heterocycles. The topological polar surface area (TPSA) is 92.8 Å². The number of likely N-dealkylation sites (N-methyl/N-ethyl adjacent to an activating group) is 1. The van der Waals surface area contributed by atoms with Gasteiger partial charge >= 0.3 is 0 Å². The van der Waals surface area contributed by atoms with Gasteiger partial charge in [0.2, 0.25) is 15.9 Å². The summed E-state index contributed by atoms with van der Waals surface area (Å²) in [6, 6.07) is 7.54. The van der Waals surface area contributed by atoms with Crippen LogP contribution in [0.1, 0.15) is 18.2 Å². The van der Waals surface area contributed by atoms with Gasteiger partial charge in [-0.05, 0) is 42.7 Å². The van der Waals surface area contributed by atoms with Crippen LogP contribution in [0.4, 0.5) is 4.39 Å². The zero-order valence-electron chi connectivity index (χ0n) is 16.6. The van der Waals surface area contributed by atoms with Crippen molar-refractivity contribution < 1.29 is 26.9 Å². The van der Waals surface area contributed by atoms with Crippen LogP contribution in [0.2, 0.25) is 0 Å². The van der Waals surface area contributed by atoms with E-state index < -0.39 is 32.7 Å². The Bertz CT molecular complexity index is 889. The zero-order valence-corrected chi connectivity index (χ0v) is 18.3. The van der Waals surface area contributed by atoms with Crippen molar-refractivity contribution >= 4 is 27.7 Å². The quantitative estimate of drug-likeness (QED) is 0.477. The predicted molar refractivity (Wildman–Crippen MR) is 111 cm³/mol. The fourth-order valence-corrected chi connectivity index (χ4v) is 4.58. The summed E-state index contributed by atoms with van der Waals surface area (Å²) in [4.78, 5) is 13.3. The number of hydrogen-bond acceptors (Lipinski definition) is 5. The average molecular weight is 445 g/mol. The third kappa shape index (κ3) is 6.56. The summed E-state index contributed by atoms with van der Waals surface area (Å²) in [7, 11) is -0.311. The fourth-order valence-electron chi connectivity index (χ4n) is 2.80. The van der Waals surface area contributed by atoms with Crippen LogP contribution in [0.3, 0.4) is 0 Å². The van der Waals surface area contributed by atoms with E-state index in [0.717, 1.165) is 16.7 Å². The molecule has 0 saturated heterocycles. The highest BCUT2D eigenvalue weighted by Crippen LogP contribution is 2.15. The number of rotatable bonds is 11. The SMILES string of the molecule is CSCC[C@@H](NS(=O)(=O)c1ccccc1F)C(=O)NC[C@@H](c1ccco1)[NH+](C)C. The number of benzene rings is 1. The van der Waals surface area contributed by atoms with Gasteiger partial charge < -0.3 is 14.6 Å². The van der Waals surface area contributed by atoms with Gasteiger partial charge in [0.1, 0.15) is 16.8 Å². The molecular weight excluding hydrogens is 417 g/mol. The molecule has 0 fully saturated rings. The van der Waals surface area contributed by atoms with Crippen molar-refractivity contribution in [3.8, 4) is 0 Å². The van der Waals surface area contributed by atoms with Crippen molar-refractivity contribution in [1.29, 1.82) is 0 Å². The van der Waals surface area contributed by atoms with Gasteiger partial charge in [0.05, 0.1) is 26.9 Å². The monoisotopic (exact) mass is 444 g/mol. The Morgan fingerprint density at radius 3 is 2.55 bits per heavy atom. The van der Waals surface area contributed by atoms with Crippen LogP contribution in [0.25, 0.3) is 0 Å². The fraction of sp³-hybridized carbons (Fsp3) is 0.421. The highest BCUT2D eigenvalue weighted by Gasteiger charge is 2.29. The van der Waals surface area contributed by atoms with E-state index in [1.54, 1.807) is 12.3 Å². The van der Waals surface area contributed by atoms with E-state index in [9.17, 15) is 17.6 Å². The Morgan fingerprint density at radius 2 is 1.97 bits per heavy atom. The van der Waals surface area contributed by atoms with Gasteiger partial charge in [-0.2, -0.15) is 16.5 Å². The molecule has 29 heavy (non-hydrogen) atoms. The van der Waals surface area contributed by atoms with Gasteiger partial charge in [0, 0.05) is 0 Å². The minimum absolute atomic E-state index is 0.127. The third-order valence-corrected chi connectivity index (χ3v) is 6.56. The number of hydrogen-bond donors (Lipinski definition) is 3. The minimum Gasteiger partial charge on any atom is -0.463 e. The lowest BCUT2D eigenvalue weighted by Gasteiger charge is -2.22. The summed E-state index contributed by atoms with van der Waals surface area (Å²) >= 11 is 1.49. The van der Waals surface area contributed by atoms with Crippen LogP contribution in [0.15, 0.2) is 52.0 Å². The summed E-state index contributed by atoms with van der Waals surface area (Å²) in [5, 5.41) is 2.80. The molecule has 2 atom stereocenters. The first kappa shape index (κ1) is 23.4. The maximum Gasteiger partial charge on any atom is 0.244 e. The Kier molecular flexibility index (Phi) is 8.69. The lowest BCUT2D eigenvalue weighted by molar-refractivity contribution is -0.891. The first-order valence-corrected chi connectivity index (χ1v) is 12.0. The number of carbonyl (C=O) groups excluding carboxylic acids is 1. The molecule has 1 heterocycles. The molecule has 0 unspecified atom stereocenters. The number of nitrogens with one attached hydrogen (secondary N) is 3. The predicted octanol–water partition coefficient (Wildman–Crippen LogP) is 0.821. The number of quaternary nitrogens is 1. The van der Waals surface area contributed by atoms with Crippen LogP contribution in [-0.4, -0.2) is 53.0 Å². The standard InChI is InChI=1S/C19H26FN3O4S2/c1-23(2)16(17-8-6-11-27-17)13-21-19(24)15(10-12-28-3)22-29(25,26)18-9-5-4-7-14(18)20/h4-9,11,15-16,22H,10,12-13H2,1-3H3,(H,21,24)/p+1/t15-,16+/m1/s1. The number of carbonyl (C=O) groups is 1. The van der Waals surface area contributed by atoms with Crippen LogP contribution in [0.5, 0.6) is 0 Å². The molecule has 1 aromatic carbocycles. The van der Waals surface area contributed by atoms with E-state index in [1.807, 2.05) is 26.4 Å². The Balaban J connectivity index is 2.12. The smallest absolute Gasteiger partial charge is 0.244 e. The molecule has 1 amide bonds. The number of thioether (sulfide) groups is 1. The van der Waals surface area contributed by atoms with E-state index in [0.29, 0.717) is 5.75 Å². The Hall–Kier alpha value is -1.88. The second kappa shape index (κ2) is 10.8. The summed E-state index contributed by atoms with van der Waals surface area (Å²) in [6.07, 6.45) is 3.71. The largest absolute Gasteiger partial charge is 0.463 e. The molecule has 3 N–H and O–H groups in total. The lowest BCUT2D eigenvalue weighted by atomic mass is 10.2. The maximum absolute atomic E-state index is 14.0. The highest BCUT2D eigenvalue weighted by molar-refractivity contribution is 7.98. The summed E-state index contributed by atoms with van der Waals surface area (Å²) < 4.78 is 47.0. The summed E-state index contributed by atoms with van der Waals surface area (Å²) in [5.74, 6) is -0.0360. The molecule has 0 bridgehead atoms. The van der Waals surface area contributed by atoms with Crippen LogP contribution >= 0.6 is 11.8 Å². The van der Waals surface area contributed by atoms with Crippen molar-refractivity contribution in [2.75, 3.05) is 32.6 Å². The zero-order chi connectivity index (χ0) is 21.4. The molecule has 0 spiro atoms. The summed E-state index contributed by atoms with van der Waals surface area (Å²) in [5.41, 5.74) is 0. The van der Waals surface area contributed by atoms with Crippen molar-refractivity contribution in [1.82, 2.24) is 10.0 Å². The first-order chi connectivity index (χ1) is 13.8. The van der Waals surface area contributed by atoms with Crippen molar-refractivity contribution in [2.45, 2.75) is 23.4 Å². The molecule has 0 aliphatic heterocycles. The molecule has 0 saturated carbocycles. The number of furan rings is 1. The molecular formula is C19H27FN3O4S2+. The van der Waals surface area contributed by atoms with Gasteiger partial charge in [-0.25, -0.2) is 12.8 Å². The molecule has 160 valence electrons. The highest BCUT2D eigenvalue weighted by atomic mass is 32.2. The van der Waals surface area contributed by atoms with Crippen LogP contribution < -0.4 is 14.9 Å². The Labute approximate surface area is 175 Å². The minimum atomic E-state index is -4.18. The third-order valence-electron chi connectivity index (χ3n) is 4.41. The second-order valence-electron chi connectivity index (χ2n) is 6.78. The molecule has 2 aromatic rings. The average Bonchev–Trinajstić information content (AvgIpc) is 3.19. The van der Waals surface area contributed by atoms with Gasteiger partial charge in [0.15, 0.2) is 11.8 Å². The van der Waals surface area contributed by atoms with Gasteiger partial charge in [-0.1, -0.05) is 12.1 Å². The van der Waals surface area contributed by atoms with E-state index in [4.69, 9.17) is 4.42 Å². The number of halogens is 1. The van der Waals surface area contributed by atoms with E-state index >= 15 is 0 Å². The molecule has 0 aliphatic rings. The number of sulfonamides is 1. The normalized spacial score (nSPS) is 14.0. The van der Waals surface area contributed by atoms with E-state index in [2.05, 4.69) is 10.0 Å². The van der Waals surface area contributed by atoms with E-state index in [1.165, 1.54) is 30.0 Å². The number of amides is 1. The molecule has 7 nitrogen and oxygen atoms in total. The van der Waals surface area contributed by atoms with Gasteiger partial charge in [-0.15, -0.1) is 0 Å². The maximum atomic E-state index is 14.0. The van der Waals surface area contributed by atoms with Gasteiger partial charge in [-0.3, -0.25) is 4.79 Å². The lowest BCUT2D eigenvalue weighted by Crippen LogP contribution is -3.07. The molecule has 10 heteroatoms. The molecule has 2 rings (SSSR count). The van der Waals surface area contributed by atoms with Crippen LogP contribution in [0, 0.1) is 5.82 Å². The molecule has 0 radical (unpaired) electrons.